The van der Waals surface area contributed by atoms with Crippen molar-refractivity contribution in [2.75, 3.05) is 27.3 Å². The molecule has 1 amide bonds. The van der Waals surface area contributed by atoms with Crippen LogP contribution in [0.4, 0.5) is 0 Å². The van der Waals surface area contributed by atoms with Gasteiger partial charge in [0.2, 0.25) is 15.9 Å². The van der Waals surface area contributed by atoms with Crippen molar-refractivity contribution in [1.29, 1.82) is 0 Å². The molecule has 0 saturated carbocycles. The van der Waals surface area contributed by atoms with Gasteiger partial charge in [0.1, 0.15) is 33.8 Å². The van der Waals surface area contributed by atoms with E-state index in [1.807, 2.05) is 19.9 Å². The Morgan fingerprint density at radius 2 is 1.80 bits per heavy atom. The van der Waals surface area contributed by atoms with Crippen molar-refractivity contribution in [2.24, 2.45) is 5.92 Å². The number of unbranched alkanes of at least 4 members (excludes halogenated alkanes) is 1. The van der Waals surface area contributed by atoms with Crippen LogP contribution in [0.5, 0.6) is 17.2 Å². The summed E-state index contributed by atoms with van der Waals surface area (Å²) in [6.45, 7) is 10.4. The summed E-state index contributed by atoms with van der Waals surface area (Å²) < 4.78 is 47.6. The number of aliphatic hydroxyl groups excluding tert-OH is 1. The van der Waals surface area contributed by atoms with Gasteiger partial charge < -0.3 is 24.6 Å². The smallest absolute Gasteiger partial charge is 0.247 e. The molecule has 0 saturated heterocycles. The molecule has 0 fully saturated rings. The van der Waals surface area contributed by atoms with E-state index in [0.29, 0.717) is 29.2 Å². The van der Waals surface area contributed by atoms with Crippen LogP contribution < -0.4 is 19.5 Å². The highest BCUT2D eigenvalue weighted by molar-refractivity contribution is 7.89. The quantitative estimate of drug-likeness (QED) is 0.302. The topological polar surface area (TPSA) is 114 Å². The maximum Gasteiger partial charge on any atom is 0.247 e. The summed E-state index contributed by atoms with van der Waals surface area (Å²) >= 11 is 0. The molecule has 0 radical (unpaired) electrons. The second-order valence-electron chi connectivity index (χ2n) is 11.1. The molecule has 3 rings (SSSR count). The minimum absolute atomic E-state index is 0.0375. The van der Waals surface area contributed by atoms with Crippen LogP contribution in [0, 0.1) is 5.92 Å². The molecule has 0 bridgehead atoms. The van der Waals surface area contributed by atoms with Crippen molar-refractivity contribution >= 4 is 15.9 Å². The highest BCUT2D eigenvalue weighted by Gasteiger charge is 2.49. The van der Waals surface area contributed by atoms with Crippen molar-refractivity contribution in [1.82, 2.24) is 9.62 Å². The lowest BCUT2D eigenvalue weighted by Gasteiger charge is -2.46. The van der Waals surface area contributed by atoms with Gasteiger partial charge in [0, 0.05) is 24.7 Å². The first kappa shape index (κ1) is 32.7. The summed E-state index contributed by atoms with van der Waals surface area (Å²) in [6.07, 6.45) is 2.31. The van der Waals surface area contributed by atoms with Gasteiger partial charge in [-0.2, -0.15) is 4.31 Å². The van der Waals surface area contributed by atoms with Gasteiger partial charge in [-0.05, 0) is 56.0 Å². The molecule has 2 aromatic rings. The third-order valence-electron chi connectivity index (χ3n) is 7.85. The third-order valence-corrected chi connectivity index (χ3v) is 9.72. The summed E-state index contributed by atoms with van der Waals surface area (Å²) in [5.41, 5.74) is 0.140. The van der Waals surface area contributed by atoms with Gasteiger partial charge in [-0.15, -0.1) is 0 Å². The molecular formula is C31H46N2O7S. The number of fused-ring (bicyclic) bond motifs is 1. The van der Waals surface area contributed by atoms with Gasteiger partial charge in [0.05, 0.1) is 26.7 Å². The molecule has 1 aliphatic rings. The summed E-state index contributed by atoms with van der Waals surface area (Å²) in [7, 11) is -1.34. The monoisotopic (exact) mass is 590 g/mol. The molecule has 41 heavy (non-hydrogen) atoms. The zero-order valence-corrected chi connectivity index (χ0v) is 26.2. The molecule has 9 nitrogen and oxygen atoms in total. The number of aliphatic hydroxyl groups is 1. The molecule has 228 valence electrons. The van der Waals surface area contributed by atoms with Crippen LogP contribution in [0.15, 0.2) is 41.3 Å². The van der Waals surface area contributed by atoms with E-state index in [0.717, 1.165) is 25.7 Å². The predicted octanol–water partition coefficient (Wildman–Crippen LogP) is 4.86. The van der Waals surface area contributed by atoms with Crippen LogP contribution in [0.1, 0.15) is 77.5 Å². The van der Waals surface area contributed by atoms with Crippen molar-refractivity contribution in [2.45, 2.75) is 89.4 Å². The largest absolute Gasteiger partial charge is 0.497 e. The lowest BCUT2D eigenvalue weighted by molar-refractivity contribution is -0.120. The Bertz CT molecular complexity index is 1290. The average molecular weight is 591 g/mol. The molecule has 1 heterocycles. The van der Waals surface area contributed by atoms with Gasteiger partial charge in [-0.3, -0.25) is 4.79 Å². The first-order valence-corrected chi connectivity index (χ1v) is 15.9. The van der Waals surface area contributed by atoms with Crippen LogP contribution in [0.2, 0.25) is 0 Å². The van der Waals surface area contributed by atoms with E-state index in [2.05, 4.69) is 12.2 Å². The fourth-order valence-electron chi connectivity index (χ4n) is 5.17. The van der Waals surface area contributed by atoms with Crippen molar-refractivity contribution in [3.63, 3.8) is 0 Å². The van der Waals surface area contributed by atoms with Crippen molar-refractivity contribution in [3.05, 3.63) is 47.5 Å². The summed E-state index contributed by atoms with van der Waals surface area (Å²) in [6, 6.07) is 9.04. The van der Waals surface area contributed by atoms with Crippen molar-refractivity contribution in [3.8, 4) is 17.2 Å². The Morgan fingerprint density at radius 3 is 2.41 bits per heavy atom. The third kappa shape index (κ3) is 7.34. The minimum atomic E-state index is -4.23. The number of rotatable bonds is 14. The number of hydrogen-bond donors (Lipinski definition) is 2. The maximum atomic E-state index is 14.6. The molecule has 0 aliphatic carbocycles. The highest BCUT2D eigenvalue weighted by Crippen LogP contribution is 2.46. The zero-order chi connectivity index (χ0) is 30.4. The zero-order valence-electron chi connectivity index (χ0n) is 25.4. The van der Waals surface area contributed by atoms with Gasteiger partial charge in [-0.25, -0.2) is 8.42 Å². The first-order valence-electron chi connectivity index (χ1n) is 14.4. The maximum absolute atomic E-state index is 14.6. The highest BCUT2D eigenvalue weighted by atomic mass is 32.2. The molecule has 2 unspecified atom stereocenters. The van der Waals surface area contributed by atoms with Crippen LogP contribution in [0.25, 0.3) is 0 Å². The molecule has 0 aromatic heterocycles. The average Bonchev–Trinajstić information content (AvgIpc) is 2.95. The Morgan fingerprint density at radius 1 is 1.10 bits per heavy atom. The van der Waals surface area contributed by atoms with E-state index in [1.54, 1.807) is 38.1 Å². The Balaban J connectivity index is 2.19. The molecule has 2 N–H and O–H groups in total. The number of nitrogens with one attached hydrogen (secondary N) is 1. The van der Waals surface area contributed by atoms with E-state index < -0.39 is 27.8 Å². The number of carbonyl (C=O) groups is 1. The number of sulfonamides is 1. The van der Waals surface area contributed by atoms with Crippen molar-refractivity contribution < 1.29 is 32.5 Å². The lowest BCUT2D eigenvalue weighted by atomic mass is 9.85. The van der Waals surface area contributed by atoms with E-state index in [-0.39, 0.29) is 35.4 Å². The normalized spacial score (nSPS) is 18.1. The van der Waals surface area contributed by atoms with Gasteiger partial charge >= 0.3 is 0 Å². The van der Waals surface area contributed by atoms with Crippen LogP contribution in [-0.2, 0) is 21.2 Å². The van der Waals surface area contributed by atoms with Crippen LogP contribution in [-0.4, -0.2) is 62.8 Å². The lowest BCUT2D eigenvalue weighted by Crippen LogP contribution is -2.55. The van der Waals surface area contributed by atoms with Crippen LogP contribution in [0.3, 0.4) is 0 Å². The Labute approximate surface area is 245 Å². The molecule has 10 heteroatoms. The summed E-state index contributed by atoms with van der Waals surface area (Å²) in [5.74, 6) is 0.948. The number of benzene rings is 2. The minimum Gasteiger partial charge on any atom is -0.497 e. The molecule has 1 aliphatic heterocycles. The molecular weight excluding hydrogens is 544 g/mol. The fourth-order valence-corrected chi connectivity index (χ4v) is 7.02. The first-order chi connectivity index (χ1) is 19.4. The fraction of sp³-hybridized carbons (Fsp3) is 0.581. The number of carbonyl (C=O) groups excluding carboxylic acids is 1. The number of ether oxygens (including phenoxy) is 3. The number of hydrogen-bond acceptors (Lipinski definition) is 7. The Hall–Kier alpha value is -2.82. The van der Waals surface area contributed by atoms with E-state index in [9.17, 15) is 18.3 Å². The van der Waals surface area contributed by atoms with Gasteiger partial charge in [0.25, 0.3) is 0 Å². The number of methoxy groups -OCH3 is 2. The molecule has 2 aromatic carbocycles. The summed E-state index contributed by atoms with van der Waals surface area (Å²) in [4.78, 5) is 12.6. The Kier molecular flexibility index (Phi) is 11.1. The van der Waals surface area contributed by atoms with E-state index >= 15 is 0 Å². The van der Waals surface area contributed by atoms with Gasteiger partial charge in [0.15, 0.2) is 0 Å². The SMILES string of the molecule is CCCCNC(=O)Cc1ccc2c(c1)C(N(CC(CC)CC)S(=O)(=O)c1cc(OC)ccc1OC)C(O)C(C)(C)O2. The van der Waals surface area contributed by atoms with Gasteiger partial charge in [-0.1, -0.05) is 46.1 Å². The number of nitrogens with zero attached hydrogens (tertiary/aromatic N) is 1. The number of amides is 1. The molecule has 2 atom stereocenters. The second-order valence-corrected chi connectivity index (χ2v) is 13.0. The summed E-state index contributed by atoms with van der Waals surface area (Å²) in [5, 5.41) is 14.7. The standard InChI is InChI=1S/C31H46N2O7S/c1-8-11-16-32-28(34)18-22-12-14-25-24(17-22)29(30(35)31(4,5)40-25)33(20-21(9-2)10-3)41(36,37)27-19-23(38-6)13-15-26(27)39-7/h12-15,17,19,21,29-30,35H,8-11,16,18,20H2,1-7H3,(H,32,34). The van der Waals surface area contributed by atoms with E-state index in [1.165, 1.54) is 24.6 Å². The second kappa shape index (κ2) is 13.9. The predicted molar refractivity (Wildman–Crippen MR) is 159 cm³/mol. The molecule has 0 spiro atoms. The van der Waals surface area contributed by atoms with E-state index in [4.69, 9.17) is 14.2 Å². The van der Waals surface area contributed by atoms with Crippen LogP contribution >= 0.6 is 0 Å².